The van der Waals surface area contributed by atoms with Crippen molar-refractivity contribution in [1.29, 1.82) is 0 Å². The van der Waals surface area contributed by atoms with Gasteiger partial charge in [-0.05, 0) is 0 Å². The highest BCUT2D eigenvalue weighted by molar-refractivity contribution is 6.32. The van der Waals surface area contributed by atoms with Crippen LogP contribution in [0, 0.1) is 0 Å². The zero-order valence-electron chi connectivity index (χ0n) is 7.01. The molecule has 0 saturated heterocycles. The fraction of sp³-hybridized carbons (Fsp3) is 0.143. The van der Waals surface area contributed by atoms with Crippen molar-refractivity contribution in [3.8, 4) is 0 Å². The molecule has 0 bridgehead atoms. The highest BCUT2D eigenvalue weighted by atomic mass is 35.5. The Labute approximate surface area is 84.3 Å². The average Bonchev–Trinajstić information content (AvgIpc) is 2.69. The topological polar surface area (TPSA) is 76.7 Å². The third-order valence-electron chi connectivity index (χ3n) is 1.49. The summed E-state index contributed by atoms with van der Waals surface area (Å²) in [5.41, 5.74) is 0. The molecule has 0 atom stereocenters. The molecule has 2 aromatic heterocycles. The Morgan fingerprint density at radius 2 is 2.36 bits per heavy atom. The molecule has 14 heavy (non-hydrogen) atoms. The van der Waals surface area contributed by atoms with Gasteiger partial charge in [0.2, 0.25) is 6.39 Å². The van der Waals surface area contributed by atoms with Crippen LogP contribution in [0.5, 0.6) is 0 Å². The van der Waals surface area contributed by atoms with Crippen LogP contribution in [0.1, 0.15) is 5.82 Å². The van der Waals surface area contributed by atoms with Gasteiger partial charge in [0.15, 0.2) is 5.82 Å². The normalized spacial score (nSPS) is 10.1. The van der Waals surface area contributed by atoms with E-state index in [2.05, 4.69) is 29.9 Å². The lowest BCUT2D eigenvalue weighted by Crippen LogP contribution is -2.03. The number of hydrogen-bond acceptors (Lipinski definition) is 6. The number of nitrogens with one attached hydrogen (secondary N) is 1. The van der Waals surface area contributed by atoms with Gasteiger partial charge in [-0.2, -0.15) is 4.98 Å². The van der Waals surface area contributed by atoms with Crippen molar-refractivity contribution in [2.24, 2.45) is 0 Å². The third kappa shape index (κ3) is 1.97. The Bertz CT molecular complexity index is 404. The molecular weight excluding hydrogens is 206 g/mol. The molecule has 0 radical (unpaired) electrons. The quantitative estimate of drug-likeness (QED) is 0.820. The van der Waals surface area contributed by atoms with E-state index in [1.807, 2.05) is 0 Å². The highest BCUT2D eigenvalue weighted by Gasteiger charge is 2.02. The lowest BCUT2D eigenvalue weighted by atomic mass is 10.5. The van der Waals surface area contributed by atoms with Crippen LogP contribution in [0.25, 0.3) is 0 Å². The van der Waals surface area contributed by atoms with E-state index >= 15 is 0 Å². The number of nitrogens with zero attached hydrogens (tertiary/aromatic N) is 4. The monoisotopic (exact) mass is 211 g/mol. The molecule has 0 fully saturated rings. The largest absolute Gasteiger partial charge is 0.361 e. The smallest absolute Gasteiger partial charge is 0.213 e. The van der Waals surface area contributed by atoms with Crippen molar-refractivity contribution < 1.29 is 4.52 Å². The number of rotatable bonds is 3. The minimum Gasteiger partial charge on any atom is -0.361 e. The summed E-state index contributed by atoms with van der Waals surface area (Å²) in [6.45, 7) is 0.410. The first-order chi connectivity index (χ1) is 6.86. The minimum atomic E-state index is 0.410. The summed E-state index contributed by atoms with van der Waals surface area (Å²) in [5, 5.41) is 7.03. The van der Waals surface area contributed by atoms with Crippen LogP contribution in [0.3, 0.4) is 0 Å². The zero-order valence-corrected chi connectivity index (χ0v) is 7.77. The van der Waals surface area contributed by atoms with Gasteiger partial charge in [0.05, 0.1) is 12.7 Å². The van der Waals surface area contributed by atoms with E-state index in [4.69, 9.17) is 11.6 Å². The van der Waals surface area contributed by atoms with Crippen molar-refractivity contribution >= 4 is 17.4 Å². The summed E-state index contributed by atoms with van der Waals surface area (Å²) >= 11 is 5.81. The van der Waals surface area contributed by atoms with E-state index < -0.39 is 0 Å². The summed E-state index contributed by atoms with van der Waals surface area (Å²) in [5.74, 6) is 1.09. The molecule has 1 N–H and O–H groups in total. The second-order valence-electron chi connectivity index (χ2n) is 2.42. The third-order valence-corrected chi connectivity index (χ3v) is 1.77. The zero-order chi connectivity index (χ0) is 9.80. The van der Waals surface area contributed by atoms with Crippen LogP contribution in [-0.2, 0) is 6.54 Å². The van der Waals surface area contributed by atoms with Crippen LogP contribution in [0.15, 0.2) is 23.4 Å². The van der Waals surface area contributed by atoms with E-state index in [9.17, 15) is 0 Å². The van der Waals surface area contributed by atoms with E-state index in [0.29, 0.717) is 23.2 Å². The van der Waals surface area contributed by atoms with E-state index in [0.717, 1.165) is 0 Å². The van der Waals surface area contributed by atoms with Gasteiger partial charge in [0.25, 0.3) is 0 Å². The molecule has 0 aliphatic rings. The van der Waals surface area contributed by atoms with Crippen molar-refractivity contribution in [3.63, 3.8) is 0 Å². The van der Waals surface area contributed by atoms with E-state index in [1.54, 1.807) is 0 Å². The van der Waals surface area contributed by atoms with Gasteiger partial charge in [-0.15, -0.1) is 0 Å². The number of hydrogen-bond donors (Lipinski definition) is 1. The van der Waals surface area contributed by atoms with Gasteiger partial charge >= 0.3 is 0 Å². The lowest BCUT2D eigenvalue weighted by Gasteiger charge is -2.02. The fourth-order valence-electron chi connectivity index (χ4n) is 0.876. The molecule has 0 aromatic carbocycles. The average molecular weight is 212 g/mol. The molecule has 0 unspecified atom stereocenters. The fourth-order valence-corrected chi connectivity index (χ4v) is 1.05. The van der Waals surface area contributed by atoms with Crippen LogP contribution in [0.2, 0.25) is 5.02 Å². The van der Waals surface area contributed by atoms with Crippen molar-refractivity contribution in [1.82, 2.24) is 20.1 Å². The minimum absolute atomic E-state index is 0.410. The van der Waals surface area contributed by atoms with Gasteiger partial charge in [0.1, 0.15) is 17.2 Å². The van der Waals surface area contributed by atoms with Crippen LogP contribution >= 0.6 is 11.6 Å². The maximum absolute atomic E-state index is 5.81. The Morgan fingerprint density at radius 1 is 1.43 bits per heavy atom. The second-order valence-corrected chi connectivity index (χ2v) is 2.83. The van der Waals surface area contributed by atoms with Crippen LogP contribution < -0.4 is 5.32 Å². The molecule has 0 saturated carbocycles. The number of halogens is 1. The molecule has 72 valence electrons. The summed E-state index contributed by atoms with van der Waals surface area (Å²) < 4.78 is 4.57. The van der Waals surface area contributed by atoms with Gasteiger partial charge in [-0.25, -0.2) is 9.97 Å². The number of anilines is 1. The summed E-state index contributed by atoms with van der Waals surface area (Å²) in [6, 6.07) is 0. The first-order valence-corrected chi connectivity index (χ1v) is 4.18. The Kier molecular flexibility index (Phi) is 2.55. The number of aromatic nitrogens is 4. The summed E-state index contributed by atoms with van der Waals surface area (Å²) in [7, 11) is 0. The van der Waals surface area contributed by atoms with Crippen molar-refractivity contribution in [2.45, 2.75) is 6.54 Å². The molecule has 2 heterocycles. The SMILES string of the molecule is Clc1cncnc1NCc1ncon1. The van der Waals surface area contributed by atoms with Gasteiger partial charge in [-0.1, -0.05) is 16.8 Å². The Morgan fingerprint density at radius 3 is 3.07 bits per heavy atom. The Balaban J connectivity index is 2.02. The molecule has 0 spiro atoms. The maximum Gasteiger partial charge on any atom is 0.213 e. The van der Waals surface area contributed by atoms with Gasteiger partial charge in [-0.3, -0.25) is 0 Å². The van der Waals surface area contributed by atoms with Crippen LogP contribution in [-0.4, -0.2) is 20.1 Å². The highest BCUT2D eigenvalue weighted by Crippen LogP contribution is 2.16. The van der Waals surface area contributed by atoms with Gasteiger partial charge < -0.3 is 9.84 Å². The first kappa shape index (κ1) is 8.89. The predicted octanol–water partition coefficient (Wildman–Crippen LogP) is 1.13. The summed E-state index contributed by atoms with van der Waals surface area (Å²) in [4.78, 5) is 11.5. The molecule has 0 aliphatic heterocycles. The van der Waals surface area contributed by atoms with Crippen molar-refractivity contribution in [3.05, 3.63) is 29.8 Å². The molecule has 7 heteroatoms. The molecule has 2 aromatic rings. The predicted molar refractivity (Wildman–Crippen MR) is 48.7 cm³/mol. The lowest BCUT2D eigenvalue weighted by molar-refractivity contribution is 0.411. The molecule has 2 rings (SSSR count). The molecule has 0 aliphatic carbocycles. The standard InChI is InChI=1S/C7H6ClN5O/c8-5-1-9-3-11-7(5)10-2-6-12-4-14-13-6/h1,3-4H,2H2,(H,9,10,11). The molecule has 0 amide bonds. The Hall–Kier alpha value is -1.69. The first-order valence-electron chi connectivity index (χ1n) is 3.81. The van der Waals surface area contributed by atoms with Crippen molar-refractivity contribution in [2.75, 3.05) is 5.32 Å². The maximum atomic E-state index is 5.81. The van der Waals surface area contributed by atoms with Crippen LogP contribution in [0.4, 0.5) is 5.82 Å². The van der Waals surface area contributed by atoms with E-state index in [1.165, 1.54) is 18.9 Å². The molecular formula is C7H6ClN5O. The molecule has 6 nitrogen and oxygen atoms in total. The van der Waals surface area contributed by atoms with Gasteiger partial charge in [0, 0.05) is 0 Å². The van der Waals surface area contributed by atoms with E-state index in [-0.39, 0.29) is 0 Å². The second kappa shape index (κ2) is 4.01. The summed E-state index contributed by atoms with van der Waals surface area (Å²) in [6.07, 6.45) is 4.18.